The Morgan fingerprint density at radius 1 is 0.920 bits per heavy atom. The van der Waals surface area contributed by atoms with Crippen molar-refractivity contribution < 1.29 is 13.2 Å². The predicted octanol–water partition coefficient (Wildman–Crippen LogP) is 6.87. The third-order valence-electron chi connectivity index (χ3n) is 4.12. The highest BCUT2D eigenvalue weighted by Crippen LogP contribution is 2.38. The molecule has 0 atom stereocenters. The minimum Gasteiger partial charge on any atom is -0.256 e. The number of rotatable bonds is 1. The van der Waals surface area contributed by atoms with Crippen molar-refractivity contribution in [3.05, 3.63) is 64.8 Å². The van der Waals surface area contributed by atoms with Crippen LogP contribution >= 0.6 is 11.6 Å². The molecule has 0 saturated heterocycles. The molecule has 1 heterocycles. The Balaban J connectivity index is 2.22. The van der Waals surface area contributed by atoms with Crippen LogP contribution in [0.2, 0.25) is 5.02 Å². The SMILES string of the molecule is CC(C)(C)c1cc(-c2cc(Cl)c(C(F)(F)F)cn2)cc2ccccc12. The van der Waals surface area contributed by atoms with Crippen LogP contribution in [0.3, 0.4) is 0 Å². The van der Waals surface area contributed by atoms with Gasteiger partial charge in [0.05, 0.1) is 16.3 Å². The van der Waals surface area contributed by atoms with Crippen molar-refractivity contribution in [3.63, 3.8) is 0 Å². The third kappa shape index (κ3) is 3.49. The summed E-state index contributed by atoms with van der Waals surface area (Å²) in [4.78, 5) is 4.00. The molecule has 0 bridgehead atoms. The summed E-state index contributed by atoms with van der Waals surface area (Å²) in [5, 5.41) is 1.79. The number of nitrogens with zero attached hydrogens (tertiary/aromatic N) is 1. The molecule has 3 rings (SSSR count). The van der Waals surface area contributed by atoms with E-state index in [1.54, 1.807) is 0 Å². The van der Waals surface area contributed by atoms with Gasteiger partial charge in [-0.1, -0.05) is 56.6 Å². The molecule has 130 valence electrons. The number of halogens is 4. The number of fused-ring (bicyclic) bond motifs is 1. The Kier molecular flexibility index (Phi) is 4.28. The van der Waals surface area contributed by atoms with Crippen molar-refractivity contribution in [3.8, 4) is 11.3 Å². The molecule has 0 spiro atoms. The zero-order valence-electron chi connectivity index (χ0n) is 14.1. The maximum absolute atomic E-state index is 12.9. The molecule has 0 aliphatic carbocycles. The number of alkyl halides is 3. The molecule has 0 N–H and O–H groups in total. The van der Waals surface area contributed by atoms with Crippen LogP contribution in [0, 0.1) is 0 Å². The van der Waals surface area contributed by atoms with Gasteiger partial charge in [-0.05, 0) is 39.9 Å². The zero-order valence-corrected chi connectivity index (χ0v) is 14.8. The van der Waals surface area contributed by atoms with E-state index in [0.29, 0.717) is 5.69 Å². The summed E-state index contributed by atoms with van der Waals surface area (Å²) in [5.41, 5.74) is 1.24. The molecule has 0 amide bonds. The lowest BCUT2D eigenvalue weighted by Gasteiger charge is -2.22. The molecule has 0 fully saturated rings. The van der Waals surface area contributed by atoms with Gasteiger partial charge in [0.1, 0.15) is 0 Å². The van der Waals surface area contributed by atoms with Gasteiger partial charge in [0.2, 0.25) is 0 Å². The summed E-state index contributed by atoms with van der Waals surface area (Å²) in [5.74, 6) is 0. The van der Waals surface area contributed by atoms with Crippen molar-refractivity contribution in [1.29, 1.82) is 0 Å². The predicted molar refractivity (Wildman–Crippen MR) is 95.9 cm³/mol. The van der Waals surface area contributed by atoms with Crippen molar-refractivity contribution in [2.75, 3.05) is 0 Å². The van der Waals surface area contributed by atoms with E-state index < -0.39 is 11.7 Å². The molecule has 0 radical (unpaired) electrons. The van der Waals surface area contributed by atoms with Gasteiger partial charge in [-0.15, -0.1) is 0 Å². The first kappa shape index (κ1) is 17.7. The molecule has 1 nitrogen and oxygen atoms in total. The van der Waals surface area contributed by atoms with Crippen LogP contribution in [0.15, 0.2) is 48.7 Å². The van der Waals surface area contributed by atoms with Gasteiger partial charge in [0, 0.05) is 11.8 Å². The van der Waals surface area contributed by atoms with Crippen LogP contribution in [0.4, 0.5) is 13.2 Å². The Labute approximate surface area is 149 Å². The Bertz CT molecular complexity index is 940. The van der Waals surface area contributed by atoms with Crippen LogP contribution in [-0.2, 0) is 11.6 Å². The molecular weight excluding hydrogens is 347 g/mol. The molecule has 25 heavy (non-hydrogen) atoms. The largest absolute Gasteiger partial charge is 0.419 e. The van der Waals surface area contributed by atoms with Gasteiger partial charge in [-0.2, -0.15) is 13.2 Å². The number of benzene rings is 2. The maximum Gasteiger partial charge on any atom is 0.419 e. The number of aromatic nitrogens is 1. The van der Waals surface area contributed by atoms with Gasteiger partial charge >= 0.3 is 6.18 Å². The minimum atomic E-state index is -4.51. The van der Waals surface area contributed by atoms with Gasteiger partial charge in [-0.3, -0.25) is 4.98 Å². The van der Waals surface area contributed by atoms with E-state index in [4.69, 9.17) is 11.6 Å². The highest BCUT2D eigenvalue weighted by atomic mass is 35.5. The second-order valence-corrected chi connectivity index (χ2v) is 7.45. The second-order valence-electron chi connectivity index (χ2n) is 7.04. The fourth-order valence-electron chi connectivity index (χ4n) is 2.88. The highest BCUT2D eigenvalue weighted by molar-refractivity contribution is 6.31. The smallest absolute Gasteiger partial charge is 0.256 e. The molecule has 5 heteroatoms. The van der Waals surface area contributed by atoms with E-state index in [1.165, 1.54) is 6.07 Å². The fourth-order valence-corrected chi connectivity index (χ4v) is 3.14. The van der Waals surface area contributed by atoms with E-state index in [-0.39, 0.29) is 10.4 Å². The van der Waals surface area contributed by atoms with Crippen molar-refractivity contribution in [2.45, 2.75) is 32.4 Å². The Morgan fingerprint density at radius 3 is 2.20 bits per heavy atom. The van der Waals surface area contributed by atoms with E-state index in [1.807, 2.05) is 36.4 Å². The van der Waals surface area contributed by atoms with Gasteiger partial charge in [0.25, 0.3) is 0 Å². The number of pyridine rings is 1. The zero-order chi connectivity index (χ0) is 18.4. The lowest BCUT2D eigenvalue weighted by Crippen LogP contribution is -2.12. The first-order valence-corrected chi connectivity index (χ1v) is 8.21. The monoisotopic (exact) mass is 363 g/mol. The average molecular weight is 364 g/mol. The van der Waals surface area contributed by atoms with E-state index >= 15 is 0 Å². The van der Waals surface area contributed by atoms with Crippen LogP contribution in [0.5, 0.6) is 0 Å². The van der Waals surface area contributed by atoms with E-state index in [9.17, 15) is 13.2 Å². The van der Waals surface area contributed by atoms with Crippen LogP contribution in [-0.4, -0.2) is 4.98 Å². The van der Waals surface area contributed by atoms with Crippen molar-refractivity contribution in [2.24, 2.45) is 0 Å². The summed E-state index contributed by atoms with van der Waals surface area (Å²) in [6.07, 6.45) is -3.72. The maximum atomic E-state index is 12.9. The Hall–Kier alpha value is -2.07. The van der Waals surface area contributed by atoms with Crippen LogP contribution in [0.1, 0.15) is 31.9 Å². The average Bonchev–Trinajstić information content (AvgIpc) is 2.51. The fraction of sp³-hybridized carbons (Fsp3) is 0.250. The number of hydrogen-bond donors (Lipinski definition) is 0. The minimum absolute atomic E-state index is 0.120. The highest BCUT2D eigenvalue weighted by Gasteiger charge is 2.33. The van der Waals surface area contributed by atoms with Crippen molar-refractivity contribution in [1.82, 2.24) is 4.98 Å². The normalized spacial score (nSPS) is 12.6. The van der Waals surface area contributed by atoms with Gasteiger partial charge < -0.3 is 0 Å². The summed E-state index contributed by atoms with van der Waals surface area (Å²) >= 11 is 5.85. The third-order valence-corrected chi connectivity index (χ3v) is 4.44. The lowest BCUT2D eigenvalue weighted by atomic mass is 9.82. The van der Waals surface area contributed by atoms with E-state index in [2.05, 4.69) is 25.8 Å². The first-order valence-electron chi connectivity index (χ1n) is 7.84. The van der Waals surface area contributed by atoms with Crippen LogP contribution in [0.25, 0.3) is 22.0 Å². The molecule has 0 aliphatic heterocycles. The molecule has 1 aromatic heterocycles. The topological polar surface area (TPSA) is 12.9 Å². The summed E-state index contributed by atoms with van der Waals surface area (Å²) in [7, 11) is 0. The molecule has 3 aromatic rings. The molecular formula is C20H17ClF3N. The molecule has 0 unspecified atom stereocenters. The summed E-state index contributed by atoms with van der Waals surface area (Å²) in [6, 6.07) is 13.1. The molecule has 2 aromatic carbocycles. The van der Waals surface area contributed by atoms with Crippen molar-refractivity contribution >= 4 is 22.4 Å². The number of hydrogen-bond acceptors (Lipinski definition) is 1. The van der Waals surface area contributed by atoms with Gasteiger partial charge in [0.15, 0.2) is 0 Å². The Morgan fingerprint density at radius 2 is 1.60 bits per heavy atom. The van der Waals surface area contributed by atoms with Crippen LogP contribution < -0.4 is 0 Å². The molecule has 0 aliphatic rings. The second kappa shape index (κ2) is 6.03. The van der Waals surface area contributed by atoms with E-state index in [0.717, 1.165) is 28.1 Å². The van der Waals surface area contributed by atoms with Gasteiger partial charge in [-0.25, -0.2) is 0 Å². The summed E-state index contributed by atoms with van der Waals surface area (Å²) in [6.45, 7) is 6.31. The first-order chi connectivity index (χ1) is 11.6. The summed E-state index contributed by atoms with van der Waals surface area (Å²) < 4.78 is 38.7. The quantitative estimate of drug-likeness (QED) is 0.459. The molecule has 0 saturated carbocycles. The standard InChI is InChI=1S/C20H17ClF3N/c1-19(2,3)15-9-13(8-12-6-4-5-7-14(12)15)18-10-17(21)16(11-25-18)20(22,23)24/h4-11H,1-3H3. The lowest BCUT2D eigenvalue weighted by molar-refractivity contribution is -0.137.